The van der Waals surface area contributed by atoms with Gasteiger partial charge in [-0.25, -0.2) is 10.5 Å². The van der Waals surface area contributed by atoms with Crippen LogP contribution in [-0.2, 0) is 0 Å². The quantitative estimate of drug-likeness (QED) is 0.543. The van der Waals surface area contributed by atoms with Crippen LogP contribution in [0.1, 0.15) is 10.4 Å². The molecule has 2 rings (SSSR count). The van der Waals surface area contributed by atoms with E-state index in [1.807, 2.05) is 0 Å². The lowest BCUT2D eigenvalue weighted by Crippen LogP contribution is -2.18. The van der Waals surface area contributed by atoms with Crippen LogP contribution in [-0.4, -0.2) is 16.1 Å². The van der Waals surface area contributed by atoms with Crippen LogP contribution in [0.25, 0.3) is 10.9 Å². The third-order valence-corrected chi connectivity index (χ3v) is 2.14. The van der Waals surface area contributed by atoms with Crippen molar-refractivity contribution in [2.75, 3.05) is 0 Å². The molecule has 0 radical (unpaired) electrons. The van der Waals surface area contributed by atoms with Crippen LogP contribution in [0.15, 0.2) is 41.2 Å². The third-order valence-electron chi connectivity index (χ3n) is 2.14. The molecule has 2 N–H and O–H groups in total. The SMILES string of the molecule is O=C(NO)c1ccc2cccc(=O)nc2c1. The summed E-state index contributed by atoms with van der Waals surface area (Å²) in [6.45, 7) is 0. The second-order valence-electron chi connectivity index (χ2n) is 3.19. The van der Waals surface area contributed by atoms with Gasteiger partial charge < -0.3 is 0 Å². The van der Waals surface area contributed by atoms with Gasteiger partial charge in [-0.2, -0.15) is 0 Å². The fourth-order valence-electron chi connectivity index (χ4n) is 1.38. The Morgan fingerprint density at radius 3 is 2.81 bits per heavy atom. The minimum Gasteiger partial charge on any atom is -0.288 e. The van der Waals surface area contributed by atoms with Gasteiger partial charge in [0, 0.05) is 17.0 Å². The Morgan fingerprint density at radius 1 is 1.25 bits per heavy atom. The van der Waals surface area contributed by atoms with Gasteiger partial charge in [-0.15, -0.1) is 0 Å². The highest BCUT2D eigenvalue weighted by Crippen LogP contribution is 2.11. The molecule has 1 aromatic heterocycles. The van der Waals surface area contributed by atoms with E-state index in [0.717, 1.165) is 5.39 Å². The Morgan fingerprint density at radius 2 is 2.06 bits per heavy atom. The fraction of sp³-hybridized carbons (Fsp3) is 0. The number of hydrogen-bond donors (Lipinski definition) is 2. The summed E-state index contributed by atoms with van der Waals surface area (Å²) in [6.07, 6.45) is 0. The number of aromatic nitrogens is 1. The molecule has 0 spiro atoms. The molecule has 2 aromatic rings. The predicted molar refractivity (Wildman–Crippen MR) is 57.3 cm³/mol. The topological polar surface area (TPSA) is 79.3 Å². The van der Waals surface area contributed by atoms with E-state index in [-0.39, 0.29) is 11.1 Å². The standard InChI is InChI=1S/C11H8N2O3/c14-10-3-1-2-7-4-5-8(11(15)13-16)6-9(7)12-10/h1-6,16H,(H,13,15). The third kappa shape index (κ3) is 1.89. The minimum absolute atomic E-state index is 0.244. The van der Waals surface area contributed by atoms with Crippen molar-refractivity contribution in [2.24, 2.45) is 0 Å². The molecule has 1 heterocycles. The van der Waals surface area contributed by atoms with Crippen LogP contribution in [0.3, 0.4) is 0 Å². The van der Waals surface area contributed by atoms with E-state index in [2.05, 4.69) is 4.98 Å². The summed E-state index contributed by atoms with van der Waals surface area (Å²) < 4.78 is 0. The number of hydroxylamine groups is 1. The lowest BCUT2D eigenvalue weighted by molar-refractivity contribution is 0.0706. The molecule has 0 saturated heterocycles. The lowest BCUT2D eigenvalue weighted by atomic mass is 10.1. The molecule has 0 bridgehead atoms. The number of carbonyl (C=O) groups is 1. The maximum Gasteiger partial charge on any atom is 0.274 e. The Kier molecular flexibility index (Phi) is 2.61. The highest BCUT2D eigenvalue weighted by atomic mass is 16.5. The number of amides is 1. The second kappa shape index (κ2) is 4.08. The van der Waals surface area contributed by atoms with E-state index in [0.29, 0.717) is 5.52 Å². The van der Waals surface area contributed by atoms with Gasteiger partial charge >= 0.3 is 0 Å². The number of benzene rings is 1. The van der Waals surface area contributed by atoms with E-state index in [1.165, 1.54) is 17.6 Å². The molecule has 0 atom stereocenters. The number of nitrogens with zero attached hydrogens (tertiary/aromatic N) is 1. The van der Waals surface area contributed by atoms with Crippen molar-refractivity contribution in [1.82, 2.24) is 10.5 Å². The molecular formula is C11H8N2O3. The second-order valence-corrected chi connectivity index (χ2v) is 3.19. The van der Waals surface area contributed by atoms with Crippen LogP contribution in [0.2, 0.25) is 0 Å². The van der Waals surface area contributed by atoms with Crippen LogP contribution < -0.4 is 11.0 Å². The number of nitrogens with one attached hydrogen (secondary N) is 1. The Labute approximate surface area is 90.3 Å². The van der Waals surface area contributed by atoms with Gasteiger partial charge in [0.05, 0.1) is 5.52 Å². The average molecular weight is 216 g/mol. The van der Waals surface area contributed by atoms with Gasteiger partial charge in [-0.05, 0) is 12.1 Å². The Balaban J connectivity index is 2.71. The van der Waals surface area contributed by atoms with E-state index in [4.69, 9.17) is 5.21 Å². The first-order valence-corrected chi connectivity index (χ1v) is 4.56. The largest absolute Gasteiger partial charge is 0.288 e. The summed E-state index contributed by atoms with van der Waals surface area (Å²) in [5.41, 5.74) is 1.80. The lowest BCUT2D eigenvalue weighted by Gasteiger charge is -1.98. The highest BCUT2D eigenvalue weighted by Gasteiger charge is 2.04. The number of hydrogen-bond acceptors (Lipinski definition) is 4. The minimum atomic E-state index is -0.636. The molecule has 5 nitrogen and oxygen atoms in total. The molecule has 0 aliphatic heterocycles. The average Bonchev–Trinajstić information content (AvgIpc) is 2.47. The predicted octanol–water partition coefficient (Wildman–Crippen LogP) is 0.714. The normalized spacial score (nSPS) is 10.1. The zero-order chi connectivity index (χ0) is 11.5. The zero-order valence-corrected chi connectivity index (χ0v) is 8.18. The molecule has 1 aromatic carbocycles. The summed E-state index contributed by atoms with van der Waals surface area (Å²) in [5, 5.41) is 9.23. The van der Waals surface area contributed by atoms with E-state index >= 15 is 0 Å². The maximum absolute atomic E-state index is 11.2. The van der Waals surface area contributed by atoms with E-state index in [9.17, 15) is 9.59 Å². The molecule has 0 saturated carbocycles. The molecule has 0 unspecified atom stereocenters. The van der Waals surface area contributed by atoms with Crippen molar-refractivity contribution in [3.8, 4) is 0 Å². The Bertz CT molecular complexity index is 610. The van der Waals surface area contributed by atoms with Crippen molar-refractivity contribution in [2.45, 2.75) is 0 Å². The summed E-state index contributed by atoms with van der Waals surface area (Å²) in [6, 6.07) is 9.31. The molecule has 0 fully saturated rings. The van der Waals surface area contributed by atoms with Crippen molar-refractivity contribution in [3.63, 3.8) is 0 Å². The van der Waals surface area contributed by atoms with Gasteiger partial charge in [0.1, 0.15) is 0 Å². The molecule has 80 valence electrons. The summed E-state index contributed by atoms with van der Waals surface area (Å²) in [5.74, 6) is -0.636. The molecular weight excluding hydrogens is 208 g/mol. The molecule has 5 heteroatoms. The van der Waals surface area contributed by atoms with Crippen molar-refractivity contribution < 1.29 is 10.0 Å². The summed E-state index contributed by atoms with van der Waals surface area (Å²) in [4.78, 5) is 26.1. The number of fused-ring (bicyclic) bond motifs is 1. The summed E-state index contributed by atoms with van der Waals surface area (Å²) in [7, 11) is 0. The molecule has 0 aliphatic rings. The first-order chi connectivity index (χ1) is 7.70. The van der Waals surface area contributed by atoms with Crippen LogP contribution in [0.4, 0.5) is 0 Å². The molecule has 16 heavy (non-hydrogen) atoms. The number of carbonyl (C=O) groups excluding carboxylic acids is 1. The molecule has 1 amide bonds. The maximum atomic E-state index is 11.2. The summed E-state index contributed by atoms with van der Waals surface area (Å²) >= 11 is 0. The number of rotatable bonds is 1. The van der Waals surface area contributed by atoms with Gasteiger partial charge in [0.2, 0.25) is 0 Å². The highest BCUT2D eigenvalue weighted by molar-refractivity contribution is 5.96. The van der Waals surface area contributed by atoms with Crippen molar-refractivity contribution in [3.05, 3.63) is 52.3 Å². The van der Waals surface area contributed by atoms with Gasteiger partial charge in [-0.1, -0.05) is 18.2 Å². The van der Waals surface area contributed by atoms with Crippen LogP contribution in [0.5, 0.6) is 0 Å². The first-order valence-electron chi connectivity index (χ1n) is 4.56. The van der Waals surface area contributed by atoms with E-state index < -0.39 is 5.91 Å². The van der Waals surface area contributed by atoms with Crippen LogP contribution >= 0.6 is 0 Å². The fourth-order valence-corrected chi connectivity index (χ4v) is 1.38. The van der Waals surface area contributed by atoms with Gasteiger partial charge in [0.25, 0.3) is 11.5 Å². The van der Waals surface area contributed by atoms with Gasteiger partial charge in [0.15, 0.2) is 0 Å². The van der Waals surface area contributed by atoms with Gasteiger partial charge in [-0.3, -0.25) is 14.8 Å². The molecule has 0 aliphatic carbocycles. The zero-order valence-electron chi connectivity index (χ0n) is 8.18. The van der Waals surface area contributed by atoms with E-state index in [1.54, 1.807) is 24.3 Å². The van der Waals surface area contributed by atoms with Crippen molar-refractivity contribution in [1.29, 1.82) is 0 Å². The van der Waals surface area contributed by atoms with Crippen LogP contribution in [0, 0.1) is 0 Å². The Hall–Kier alpha value is -2.27. The monoisotopic (exact) mass is 216 g/mol. The smallest absolute Gasteiger partial charge is 0.274 e. The van der Waals surface area contributed by atoms with Crippen molar-refractivity contribution >= 4 is 16.8 Å². The first kappa shape index (κ1) is 10.3.